The Morgan fingerprint density at radius 1 is 1.22 bits per heavy atom. The van der Waals surface area contributed by atoms with Gasteiger partial charge in [-0.1, -0.05) is 6.92 Å². The van der Waals surface area contributed by atoms with Crippen molar-refractivity contribution in [3.63, 3.8) is 0 Å². The largest absolute Gasteiger partial charge is 0.299 e. The summed E-state index contributed by atoms with van der Waals surface area (Å²) in [4.78, 5) is 15.3. The Morgan fingerprint density at radius 3 is 2.83 bits per heavy atom. The van der Waals surface area contributed by atoms with E-state index in [1.165, 1.54) is 51.6 Å². The maximum atomic E-state index is 12.5. The Labute approximate surface area is 110 Å². The Kier molecular flexibility index (Phi) is 2.43. The molecule has 0 N–H and O–H groups in total. The van der Waals surface area contributed by atoms with Crippen LogP contribution in [0, 0.1) is 23.7 Å². The SMILES string of the molecule is C[C@@H]1C[C@H]2CC(=O)[C@@H]3CCCN4CCC[C@H]2[C@]34C1. The lowest BCUT2D eigenvalue weighted by molar-refractivity contribution is -0.172. The van der Waals surface area contributed by atoms with Gasteiger partial charge in [-0.25, -0.2) is 0 Å². The van der Waals surface area contributed by atoms with Gasteiger partial charge in [0.15, 0.2) is 0 Å². The summed E-state index contributed by atoms with van der Waals surface area (Å²) in [5.41, 5.74) is 0.314. The van der Waals surface area contributed by atoms with Gasteiger partial charge < -0.3 is 0 Å². The van der Waals surface area contributed by atoms with Crippen LogP contribution in [0.2, 0.25) is 0 Å². The Balaban J connectivity index is 1.82. The van der Waals surface area contributed by atoms with Crippen LogP contribution in [-0.2, 0) is 4.79 Å². The molecule has 2 saturated carbocycles. The van der Waals surface area contributed by atoms with Gasteiger partial charge in [-0.3, -0.25) is 9.69 Å². The number of piperidine rings is 2. The molecule has 0 unspecified atom stereocenters. The van der Waals surface area contributed by atoms with Crippen molar-refractivity contribution in [3.05, 3.63) is 0 Å². The second kappa shape index (κ2) is 3.82. The predicted octanol–water partition coefficient (Wildman–Crippen LogP) is 2.87. The van der Waals surface area contributed by atoms with Gasteiger partial charge in [0.2, 0.25) is 0 Å². The first kappa shape index (κ1) is 11.5. The fourth-order valence-corrected chi connectivity index (χ4v) is 6.18. The minimum Gasteiger partial charge on any atom is -0.299 e. The highest BCUT2D eigenvalue weighted by atomic mass is 16.1. The third kappa shape index (κ3) is 1.31. The number of ketones is 1. The monoisotopic (exact) mass is 247 g/mol. The van der Waals surface area contributed by atoms with E-state index in [0.29, 0.717) is 17.2 Å². The lowest BCUT2D eigenvalue weighted by atomic mass is 9.48. The lowest BCUT2D eigenvalue weighted by Crippen LogP contribution is -2.71. The van der Waals surface area contributed by atoms with Crippen LogP contribution >= 0.6 is 0 Å². The summed E-state index contributed by atoms with van der Waals surface area (Å²) in [5, 5.41) is 0. The average molecular weight is 247 g/mol. The van der Waals surface area contributed by atoms with E-state index in [-0.39, 0.29) is 0 Å². The van der Waals surface area contributed by atoms with Gasteiger partial charge in [0.05, 0.1) is 0 Å². The molecular formula is C16H25NO. The first-order chi connectivity index (χ1) is 8.72. The molecule has 1 spiro atoms. The molecule has 0 aromatic carbocycles. The summed E-state index contributed by atoms with van der Waals surface area (Å²) in [7, 11) is 0. The van der Waals surface area contributed by atoms with E-state index < -0.39 is 0 Å². The second-order valence-electron chi connectivity index (χ2n) is 7.40. The van der Waals surface area contributed by atoms with Crippen molar-refractivity contribution < 1.29 is 4.79 Å². The summed E-state index contributed by atoms with van der Waals surface area (Å²) in [6.07, 6.45) is 8.75. The van der Waals surface area contributed by atoms with E-state index in [9.17, 15) is 4.79 Å². The molecule has 4 aliphatic rings. The summed E-state index contributed by atoms with van der Waals surface area (Å²) in [6, 6.07) is 0. The van der Waals surface area contributed by atoms with Crippen molar-refractivity contribution in [3.8, 4) is 0 Å². The molecular weight excluding hydrogens is 222 g/mol. The van der Waals surface area contributed by atoms with E-state index in [0.717, 1.165) is 24.2 Å². The van der Waals surface area contributed by atoms with Crippen molar-refractivity contribution in [2.75, 3.05) is 13.1 Å². The molecule has 2 aliphatic heterocycles. The van der Waals surface area contributed by atoms with Gasteiger partial charge in [0.25, 0.3) is 0 Å². The molecule has 0 aromatic rings. The first-order valence-electron chi connectivity index (χ1n) is 7.99. The van der Waals surface area contributed by atoms with E-state index in [1.807, 2.05) is 0 Å². The molecule has 2 bridgehead atoms. The Morgan fingerprint density at radius 2 is 2.00 bits per heavy atom. The fraction of sp³-hybridized carbons (Fsp3) is 0.938. The van der Waals surface area contributed by atoms with Crippen LogP contribution in [0.25, 0.3) is 0 Å². The molecule has 0 amide bonds. The van der Waals surface area contributed by atoms with Crippen LogP contribution in [0.15, 0.2) is 0 Å². The maximum absolute atomic E-state index is 12.5. The van der Waals surface area contributed by atoms with Crippen molar-refractivity contribution in [1.29, 1.82) is 0 Å². The maximum Gasteiger partial charge on any atom is 0.138 e. The summed E-state index contributed by atoms with van der Waals surface area (Å²) >= 11 is 0. The zero-order valence-electron chi connectivity index (χ0n) is 11.5. The van der Waals surface area contributed by atoms with Gasteiger partial charge in [-0.15, -0.1) is 0 Å². The van der Waals surface area contributed by atoms with Crippen LogP contribution in [0.1, 0.15) is 51.9 Å². The van der Waals surface area contributed by atoms with Crippen LogP contribution in [0.4, 0.5) is 0 Å². The Bertz CT molecular complexity index is 377. The third-order valence-corrected chi connectivity index (χ3v) is 6.50. The molecule has 2 nitrogen and oxygen atoms in total. The zero-order valence-corrected chi connectivity index (χ0v) is 11.5. The number of carbonyl (C=O) groups excluding carboxylic acids is 1. The highest BCUT2D eigenvalue weighted by Gasteiger charge is 2.62. The van der Waals surface area contributed by atoms with E-state index in [1.54, 1.807) is 0 Å². The number of rotatable bonds is 0. The molecule has 0 aromatic heterocycles. The van der Waals surface area contributed by atoms with E-state index in [4.69, 9.17) is 0 Å². The van der Waals surface area contributed by atoms with Crippen LogP contribution in [0.3, 0.4) is 0 Å². The molecule has 4 fully saturated rings. The quantitative estimate of drug-likeness (QED) is 0.656. The van der Waals surface area contributed by atoms with E-state index in [2.05, 4.69) is 11.8 Å². The Hall–Kier alpha value is -0.370. The van der Waals surface area contributed by atoms with Crippen molar-refractivity contribution in [2.45, 2.75) is 57.4 Å². The molecule has 2 aliphatic carbocycles. The predicted molar refractivity (Wildman–Crippen MR) is 71.3 cm³/mol. The average Bonchev–Trinajstić information content (AvgIpc) is 2.33. The third-order valence-electron chi connectivity index (χ3n) is 6.50. The number of hydrogen-bond acceptors (Lipinski definition) is 2. The van der Waals surface area contributed by atoms with Gasteiger partial charge >= 0.3 is 0 Å². The zero-order chi connectivity index (χ0) is 12.3. The number of carbonyl (C=O) groups is 1. The van der Waals surface area contributed by atoms with Crippen molar-refractivity contribution in [2.24, 2.45) is 23.7 Å². The minimum atomic E-state index is 0.314. The van der Waals surface area contributed by atoms with Gasteiger partial charge in [0.1, 0.15) is 5.78 Å². The fourth-order valence-electron chi connectivity index (χ4n) is 6.18. The normalized spacial score (nSPS) is 51.9. The molecule has 2 heteroatoms. The van der Waals surface area contributed by atoms with Crippen LogP contribution in [-0.4, -0.2) is 29.3 Å². The minimum absolute atomic E-state index is 0.314. The topological polar surface area (TPSA) is 20.3 Å². The first-order valence-corrected chi connectivity index (χ1v) is 7.99. The van der Waals surface area contributed by atoms with Crippen LogP contribution < -0.4 is 0 Å². The van der Waals surface area contributed by atoms with Crippen molar-refractivity contribution >= 4 is 5.78 Å². The molecule has 5 atom stereocenters. The van der Waals surface area contributed by atoms with Crippen molar-refractivity contribution in [1.82, 2.24) is 4.90 Å². The van der Waals surface area contributed by atoms with E-state index >= 15 is 0 Å². The molecule has 18 heavy (non-hydrogen) atoms. The van der Waals surface area contributed by atoms with Gasteiger partial charge in [-0.2, -0.15) is 0 Å². The number of nitrogens with zero attached hydrogens (tertiary/aromatic N) is 1. The summed E-state index contributed by atoms with van der Waals surface area (Å²) < 4.78 is 0. The summed E-state index contributed by atoms with van der Waals surface area (Å²) in [6.45, 7) is 4.95. The highest BCUT2D eigenvalue weighted by molar-refractivity contribution is 5.84. The molecule has 4 rings (SSSR count). The molecule has 2 heterocycles. The van der Waals surface area contributed by atoms with Gasteiger partial charge in [0, 0.05) is 17.9 Å². The molecule has 2 saturated heterocycles. The second-order valence-corrected chi connectivity index (χ2v) is 7.40. The number of Topliss-reactive ketones (excluding diaryl/α,β-unsaturated/α-hetero) is 1. The van der Waals surface area contributed by atoms with Gasteiger partial charge in [-0.05, 0) is 69.4 Å². The standard InChI is InChI=1S/C16H25NO/c1-11-8-12-9-15(18)14-5-3-7-17-6-2-4-13(12)16(14,17)10-11/h11-14H,2-10H2,1H3/t11-,12+,13-,14+,16-/m1/s1. The smallest absolute Gasteiger partial charge is 0.138 e. The lowest BCUT2D eigenvalue weighted by Gasteiger charge is -2.65. The number of hydrogen-bond donors (Lipinski definition) is 0. The molecule has 0 radical (unpaired) electrons. The highest BCUT2D eigenvalue weighted by Crippen LogP contribution is 2.59. The molecule has 100 valence electrons. The van der Waals surface area contributed by atoms with Crippen LogP contribution in [0.5, 0.6) is 0 Å². The summed E-state index contributed by atoms with van der Waals surface area (Å²) in [5.74, 6) is 3.43.